The Morgan fingerprint density at radius 2 is 1.76 bits per heavy atom. The SMILES string of the molecule is CCc1cccc(C)c1N(CCCC(=O)O)CCC(=O)O. The van der Waals surface area contributed by atoms with Crippen molar-refractivity contribution in [2.75, 3.05) is 18.0 Å². The number of carboxylic acids is 2. The average molecular weight is 293 g/mol. The number of nitrogens with zero attached hydrogens (tertiary/aromatic N) is 1. The van der Waals surface area contributed by atoms with E-state index in [2.05, 4.69) is 6.92 Å². The van der Waals surface area contributed by atoms with Gasteiger partial charge in [0.1, 0.15) is 0 Å². The van der Waals surface area contributed by atoms with Gasteiger partial charge in [-0.3, -0.25) is 9.59 Å². The van der Waals surface area contributed by atoms with Crippen molar-refractivity contribution in [2.45, 2.75) is 39.5 Å². The zero-order valence-corrected chi connectivity index (χ0v) is 12.6. The van der Waals surface area contributed by atoms with Crippen LogP contribution in [0.3, 0.4) is 0 Å². The monoisotopic (exact) mass is 293 g/mol. The summed E-state index contributed by atoms with van der Waals surface area (Å²) >= 11 is 0. The minimum absolute atomic E-state index is 0.0462. The molecule has 5 nitrogen and oxygen atoms in total. The van der Waals surface area contributed by atoms with Gasteiger partial charge in [0.15, 0.2) is 0 Å². The van der Waals surface area contributed by atoms with Crippen LogP contribution in [-0.4, -0.2) is 35.2 Å². The van der Waals surface area contributed by atoms with Crippen LogP contribution in [-0.2, 0) is 16.0 Å². The molecule has 21 heavy (non-hydrogen) atoms. The minimum atomic E-state index is -0.843. The highest BCUT2D eigenvalue weighted by atomic mass is 16.4. The smallest absolute Gasteiger partial charge is 0.305 e. The standard InChI is InChI=1S/C16H23NO4/c1-3-13-7-4-6-12(2)16(13)17(11-9-15(20)21)10-5-8-14(18)19/h4,6-7H,3,5,8-11H2,1-2H3,(H,18,19)(H,20,21). The van der Waals surface area contributed by atoms with Crippen molar-refractivity contribution in [3.05, 3.63) is 29.3 Å². The summed E-state index contributed by atoms with van der Waals surface area (Å²) in [5.74, 6) is -1.67. The van der Waals surface area contributed by atoms with E-state index in [0.29, 0.717) is 19.5 Å². The van der Waals surface area contributed by atoms with E-state index in [1.807, 2.05) is 30.0 Å². The largest absolute Gasteiger partial charge is 0.481 e. The van der Waals surface area contributed by atoms with Crippen LogP contribution < -0.4 is 4.90 Å². The Balaban J connectivity index is 2.93. The normalized spacial score (nSPS) is 10.4. The molecule has 0 aliphatic carbocycles. The van der Waals surface area contributed by atoms with Gasteiger partial charge in [-0.15, -0.1) is 0 Å². The molecule has 0 amide bonds. The molecule has 0 bridgehead atoms. The van der Waals surface area contributed by atoms with Gasteiger partial charge in [-0.05, 0) is 30.9 Å². The summed E-state index contributed by atoms with van der Waals surface area (Å²) < 4.78 is 0. The Kier molecular flexibility index (Phi) is 6.72. The lowest BCUT2D eigenvalue weighted by atomic mass is 10.0. The number of rotatable bonds is 9. The second-order valence-electron chi connectivity index (χ2n) is 5.06. The van der Waals surface area contributed by atoms with Gasteiger partial charge in [-0.25, -0.2) is 0 Å². The van der Waals surface area contributed by atoms with Crippen molar-refractivity contribution in [3.8, 4) is 0 Å². The number of carboxylic acid groups (broad SMARTS) is 2. The molecule has 5 heteroatoms. The van der Waals surface area contributed by atoms with Crippen molar-refractivity contribution in [1.82, 2.24) is 0 Å². The molecule has 0 radical (unpaired) electrons. The van der Waals surface area contributed by atoms with Crippen LogP contribution in [0.4, 0.5) is 5.69 Å². The Morgan fingerprint density at radius 3 is 2.33 bits per heavy atom. The van der Waals surface area contributed by atoms with Gasteiger partial charge in [-0.1, -0.05) is 25.1 Å². The van der Waals surface area contributed by atoms with Crippen LogP contribution in [0.5, 0.6) is 0 Å². The highest BCUT2D eigenvalue weighted by molar-refractivity contribution is 5.69. The molecule has 0 spiro atoms. The van der Waals surface area contributed by atoms with E-state index in [1.165, 1.54) is 0 Å². The minimum Gasteiger partial charge on any atom is -0.481 e. The lowest BCUT2D eigenvalue weighted by molar-refractivity contribution is -0.138. The third-order valence-corrected chi connectivity index (χ3v) is 3.43. The van der Waals surface area contributed by atoms with Gasteiger partial charge < -0.3 is 15.1 Å². The molecule has 0 aliphatic rings. The van der Waals surface area contributed by atoms with Crippen molar-refractivity contribution in [3.63, 3.8) is 0 Å². The Bertz CT molecular complexity index is 499. The predicted octanol–water partition coefficient (Wildman–Crippen LogP) is 2.70. The maximum Gasteiger partial charge on any atom is 0.305 e. The molecule has 1 aromatic rings. The van der Waals surface area contributed by atoms with Gasteiger partial charge in [0.25, 0.3) is 0 Å². The van der Waals surface area contributed by atoms with Crippen LogP contribution in [0.15, 0.2) is 18.2 Å². The van der Waals surface area contributed by atoms with Crippen molar-refractivity contribution < 1.29 is 19.8 Å². The van der Waals surface area contributed by atoms with Crippen LogP contribution >= 0.6 is 0 Å². The lowest BCUT2D eigenvalue weighted by Gasteiger charge is -2.28. The maximum absolute atomic E-state index is 10.8. The first-order chi connectivity index (χ1) is 9.95. The molecular weight excluding hydrogens is 270 g/mol. The highest BCUT2D eigenvalue weighted by Crippen LogP contribution is 2.26. The third-order valence-electron chi connectivity index (χ3n) is 3.43. The van der Waals surface area contributed by atoms with Crippen LogP contribution in [0.25, 0.3) is 0 Å². The molecular formula is C16H23NO4. The van der Waals surface area contributed by atoms with Crippen LogP contribution in [0, 0.1) is 6.92 Å². The molecule has 0 unspecified atom stereocenters. The molecule has 116 valence electrons. The van der Waals surface area contributed by atoms with E-state index in [9.17, 15) is 9.59 Å². The first-order valence-corrected chi connectivity index (χ1v) is 7.22. The zero-order valence-electron chi connectivity index (χ0n) is 12.6. The lowest BCUT2D eigenvalue weighted by Crippen LogP contribution is -2.29. The van der Waals surface area contributed by atoms with Gasteiger partial charge >= 0.3 is 11.9 Å². The van der Waals surface area contributed by atoms with E-state index in [4.69, 9.17) is 10.2 Å². The Hall–Kier alpha value is -2.04. The number of hydrogen-bond donors (Lipinski definition) is 2. The maximum atomic E-state index is 10.8. The summed E-state index contributed by atoms with van der Waals surface area (Å²) in [6.45, 7) is 5.01. The van der Waals surface area contributed by atoms with E-state index in [1.54, 1.807) is 0 Å². The predicted molar refractivity (Wildman–Crippen MR) is 81.9 cm³/mol. The summed E-state index contributed by atoms with van der Waals surface area (Å²) in [7, 11) is 0. The quantitative estimate of drug-likeness (QED) is 0.732. The van der Waals surface area contributed by atoms with Gasteiger partial charge in [0.2, 0.25) is 0 Å². The van der Waals surface area contributed by atoms with E-state index in [-0.39, 0.29) is 12.8 Å². The number of aliphatic carboxylic acids is 2. The fourth-order valence-corrected chi connectivity index (χ4v) is 2.44. The number of anilines is 1. The fraction of sp³-hybridized carbons (Fsp3) is 0.500. The molecule has 1 aromatic carbocycles. The topological polar surface area (TPSA) is 77.8 Å². The number of carbonyl (C=O) groups is 2. The fourth-order valence-electron chi connectivity index (χ4n) is 2.44. The summed E-state index contributed by atoms with van der Waals surface area (Å²) in [6, 6.07) is 6.02. The molecule has 0 saturated carbocycles. The average Bonchev–Trinajstić information content (AvgIpc) is 2.42. The second-order valence-corrected chi connectivity index (χ2v) is 5.06. The molecule has 0 aromatic heterocycles. The number of aryl methyl sites for hydroxylation is 2. The molecule has 0 atom stereocenters. The van der Waals surface area contributed by atoms with Gasteiger partial charge in [0.05, 0.1) is 6.42 Å². The zero-order chi connectivity index (χ0) is 15.8. The molecule has 0 heterocycles. The number of para-hydroxylation sites is 1. The summed E-state index contributed by atoms with van der Waals surface area (Å²) in [4.78, 5) is 23.5. The molecule has 2 N–H and O–H groups in total. The van der Waals surface area contributed by atoms with Crippen molar-refractivity contribution in [1.29, 1.82) is 0 Å². The molecule has 0 fully saturated rings. The first-order valence-electron chi connectivity index (χ1n) is 7.22. The van der Waals surface area contributed by atoms with Gasteiger partial charge in [-0.2, -0.15) is 0 Å². The second kappa shape index (κ2) is 8.29. The summed E-state index contributed by atoms with van der Waals surface area (Å²) in [5.41, 5.74) is 3.30. The first kappa shape index (κ1) is 17.0. The molecule has 0 saturated heterocycles. The van der Waals surface area contributed by atoms with E-state index >= 15 is 0 Å². The summed E-state index contributed by atoms with van der Waals surface area (Å²) in [5, 5.41) is 17.7. The highest BCUT2D eigenvalue weighted by Gasteiger charge is 2.14. The molecule has 1 rings (SSSR count). The van der Waals surface area contributed by atoms with Crippen molar-refractivity contribution in [2.24, 2.45) is 0 Å². The third kappa shape index (κ3) is 5.45. The molecule has 0 aliphatic heterocycles. The van der Waals surface area contributed by atoms with Crippen molar-refractivity contribution >= 4 is 17.6 Å². The van der Waals surface area contributed by atoms with Crippen LogP contribution in [0.2, 0.25) is 0 Å². The van der Waals surface area contributed by atoms with E-state index < -0.39 is 11.9 Å². The Morgan fingerprint density at radius 1 is 1.10 bits per heavy atom. The Labute approximate surface area is 125 Å². The van der Waals surface area contributed by atoms with E-state index in [0.717, 1.165) is 23.2 Å². The summed E-state index contributed by atoms with van der Waals surface area (Å²) in [6.07, 6.45) is 1.51. The number of benzene rings is 1. The van der Waals surface area contributed by atoms with Crippen LogP contribution in [0.1, 0.15) is 37.3 Å². The number of hydrogen-bond acceptors (Lipinski definition) is 3. The van der Waals surface area contributed by atoms with Gasteiger partial charge in [0, 0.05) is 25.2 Å².